The van der Waals surface area contributed by atoms with Crippen molar-refractivity contribution in [2.24, 2.45) is 5.92 Å². The van der Waals surface area contributed by atoms with E-state index in [2.05, 4.69) is 26.1 Å². The van der Waals surface area contributed by atoms with Gasteiger partial charge in [0, 0.05) is 18.7 Å². The summed E-state index contributed by atoms with van der Waals surface area (Å²) in [6.45, 7) is 5.68. The lowest BCUT2D eigenvalue weighted by Gasteiger charge is -2.19. The number of hydrogen-bond donors (Lipinski definition) is 1. The zero-order valence-electron chi connectivity index (χ0n) is 22.5. The first-order valence-electron chi connectivity index (χ1n) is 12.7. The van der Waals surface area contributed by atoms with E-state index in [4.69, 9.17) is 21.1 Å². The molecule has 0 aromatic heterocycles. The third-order valence-corrected chi connectivity index (χ3v) is 6.81. The van der Waals surface area contributed by atoms with Crippen molar-refractivity contribution in [2.75, 3.05) is 23.4 Å². The maximum Gasteiger partial charge on any atom is 0.416 e. The fourth-order valence-electron chi connectivity index (χ4n) is 4.21. The molecule has 0 spiro atoms. The zero-order valence-corrected chi connectivity index (χ0v) is 23.3. The molecule has 0 radical (unpaired) electrons. The number of alkyl halides is 3. The van der Waals surface area contributed by atoms with Crippen LogP contribution in [0.25, 0.3) is 0 Å². The van der Waals surface area contributed by atoms with Crippen molar-refractivity contribution in [2.45, 2.75) is 38.8 Å². The van der Waals surface area contributed by atoms with Crippen molar-refractivity contribution in [3.05, 3.63) is 82.9 Å². The van der Waals surface area contributed by atoms with E-state index in [9.17, 15) is 27.6 Å². The average molecular weight is 589 g/mol. The van der Waals surface area contributed by atoms with Gasteiger partial charge in [0.1, 0.15) is 11.5 Å². The molecule has 1 fully saturated rings. The second-order valence-electron chi connectivity index (χ2n) is 10.6. The van der Waals surface area contributed by atoms with Crippen molar-refractivity contribution in [3.8, 4) is 11.5 Å². The minimum Gasteiger partial charge on any atom is -0.457 e. The Labute approximate surface area is 240 Å². The van der Waals surface area contributed by atoms with Crippen LogP contribution in [0.2, 0.25) is 5.02 Å². The molecular formula is C30H28ClF3N2O5. The van der Waals surface area contributed by atoms with E-state index in [1.165, 1.54) is 10.5 Å². The predicted molar refractivity (Wildman–Crippen MR) is 148 cm³/mol. The van der Waals surface area contributed by atoms with Crippen LogP contribution in [0, 0.1) is 5.92 Å². The lowest BCUT2D eigenvalue weighted by Crippen LogP contribution is -2.28. The summed E-state index contributed by atoms with van der Waals surface area (Å²) in [5.41, 5.74) is 0.520. The molecule has 4 rings (SSSR count). The number of carbonyl (C=O) groups is 3. The molecule has 3 aromatic rings. The van der Waals surface area contributed by atoms with Crippen LogP contribution >= 0.6 is 11.6 Å². The van der Waals surface area contributed by atoms with E-state index in [0.717, 1.165) is 12.1 Å². The highest BCUT2D eigenvalue weighted by Crippen LogP contribution is 2.34. The summed E-state index contributed by atoms with van der Waals surface area (Å²) in [6, 6.07) is 17.1. The van der Waals surface area contributed by atoms with Crippen LogP contribution in [-0.2, 0) is 30.7 Å². The molecule has 216 valence electrons. The van der Waals surface area contributed by atoms with Gasteiger partial charge in [0.05, 0.1) is 22.2 Å². The number of anilines is 2. The van der Waals surface area contributed by atoms with Crippen LogP contribution in [-0.4, -0.2) is 30.9 Å². The largest absolute Gasteiger partial charge is 0.457 e. The average Bonchev–Trinajstić information content (AvgIpc) is 3.29. The van der Waals surface area contributed by atoms with E-state index in [0.29, 0.717) is 23.3 Å². The highest BCUT2D eigenvalue weighted by Gasteiger charge is 2.36. The molecule has 1 N–H and O–H groups in total. The van der Waals surface area contributed by atoms with Gasteiger partial charge in [-0.05, 0) is 65.6 Å². The summed E-state index contributed by atoms with van der Waals surface area (Å²) in [6.07, 6.45) is -4.73. The zero-order chi connectivity index (χ0) is 29.9. The van der Waals surface area contributed by atoms with E-state index < -0.39 is 36.1 Å². The second-order valence-corrected chi connectivity index (χ2v) is 11.0. The van der Waals surface area contributed by atoms with Crippen LogP contribution in [0.1, 0.15) is 38.3 Å². The molecule has 1 heterocycles. The number of nitrogens with zero attached hydrogens (tertiary/aromatic N) is 1. The van der Waals surface area contributed by atoms with Gasteiger partial charge in [-0.3, -0.25) is 14.4 Å². The molecule has 0 saturated carbocycles. The standard InChI is InChI=1S/C30H28ClF3N2O5/c1-29(2,3)19-4-9-22(10-5-19)41-23-11-7-21(8-12-23)36-16-18(14-27(36)38)28(39)40-17-26(37)35-25-15-20(30(32,33)34)6-13-24(25)31/h4-13,15,18H,14,16-17H2,1-3H3,(H,35,37)/t18-/m1/s1. The number of nitrogens with one attached hydrogen (secondary N) is 1. The number of rotatable bonds is 7. The van der Waals surface area contributed by atoms with Crippen LogP contribution < -0.4 is 15.0 Å². The molecule has 1 aliphatic rings. The minimum atomic E-state index is -4.62. The number of carbonyl (C=O) groups excluding carboxylic acids is 3. The third-order valence-electron chi connectivity index (χ3n) is 6.48. The van der Waals surface area contributed by atoms with E-state index >= 15 is 0 Å². The molecule has 3 aromatic carbocycles. The predicted octanol–water partition coefficient (Wildman–Crippen LogP) is 6.98. The molecule has 1 aliphatic heterocycles. The normalized spacial score (nSPS) is 15.5. The molecule has 41 heavy (non-hydrogen) atoms. The van der Waals surface area contributed by atoms with Gasteiger partial charge in [0.15, 0.2) is 6.61 Å². The second kappa shape index (κ2) is 11.8. The molecule has 0 bridgehead atoms. The molecule has 0 aliphatic carbocycles. The van der Waals surface area contributed by atoms with Crippen molar-refractivity contribution in [1.29, 1.82) is 0 Å². The topological polar surface area (TPSA) is 84.9 Å². The first kappa shape index (κ1) is 29.9. The number of hydrogen-bond acceptors (Lipinski definition) is 5. The Hall–Kier alpha value is -4.05. The Morgan fingerprint density at radius 3 is 2.12 bits per heavy atom. The summed E-state index contributed by atoms with van der Waals surface area (Å²) in [4.78, 5) is 38.8. The molecule has 0 unspecified atom stereocenters. The van der Waals surface area contributed by atoms with Crippen LogP contribution in [0.5, 0.6) is 11.5 Å². The Balaban J connectivity index is 1.30. The lowest BCUT2D eigenvalue weighted by atomic mass is 9.87. The van der Waals surface area contributed by atoms with Crippen molar-refractivity contribution in [3.63, 3.8) is 0 Å². The highest BCUT2D eigenvalue weighted by molar-refractivity contribution is 6.33. The maximum absolute atomic E-state index is 12.9. The Morgan fingerprint density at radius 1 is 0.951 bits per heavy atom. The molecule has 11 heteroatoms. The van der Waals surface area contributed by atoms with Crippen molar-refractivity contribution < 1.29 is 37.0 Å². The minimum absolute atomic E-state index is 0.0276. The van der Waals surface area contributed by atoms with Gasteiger partial charge in [-0.2, -0.15) is 13.2 Å². The number of ether oxygens (including phenoxy) is 2. The number of benzene rings is 3. The number of esters is 1. The van der Waals surface area contributed by atoms with Gasteiger partial charge < -0.3 is 19.7 Å². The fourth-order valence-corrected chi connectivity index (χ4v) is 4.37. The Kier molecular flexibility index (Phi) is 8.63. The van der Waals surface area contributed by atoms with Crippen molar-refractivity contribution in [1.82, 2.24) is 0 Å². The molecule has 2 amide bonds. The monoisotopic (exact) mass is 588 g/mol. The summed E-state index contributed by atoms with van der Waals surface area (Å²) in [7, 11) is 0. The van der Waals surface area contributed by atoms with Crippen LogP contribution in [0.3, 0.4) is 0 Å². The summed E-state index contributed by atoms with van der Waals surface area (Å²) < 4.78 is 49.7. The number of halogens is 4. The third kappa shape index (κ3) is 7.58. The molecular weight excluding hydrogens is 561 g/mol. The number of amides is 2. The molecule has 1 saturated heterocycles. The first-order chi connectivity index (χ1) is 19.2. The van der Waals surface area contributed by atoms with Crippen molar-refractivity contribution >= 4 is 40.8 Å². The Morgan fingerprint density at radius 2 is 1.54 bits per heavy atom. The fraction of sp³-hybridized carbons (Fsp3) is 0.300. The smallest absolute Gasteiger partial charge is 0.416 e. The highest BCUT2D eigenvalue weighted by atomic mass is 35.5. The van der Waals surface area contributed by atoms with Gasteiger partial charge in [-0.25, -0.2) is 0 Å². The Bertz CT molecular complexity index is 1430. The van der Waals surface area contributed by atoms with Gasteiger partial charge >= 0.3 is 12.1 Å². The summed E-state index contributed by atoms with van der Waals surface area (Å²) in [5, 5.41) is 2.10. The van der Waals surface area contributed by atoms with Gasteiger partial charge in [-0.1, -0.05) is 44.5 Å². The first-order valence-corrected chi connectivity index (χ1v) is 13.1. The summed E-state index contributed by atoms with van der Waals surface area (Å²) >= 11 is 5.88. The summed E-state index contributed by atoms with van der Waals surface area (Å²) in [5.74, 6) is -1.51. The SMILES string of the molecule is CC(C)(C)c1ccc(Oc2ccc(N3C[C@H](C(=O)OCC(=O)Nc4cc(C(F)(F)F)ccc4Cl)CC3=O)cc2)cc1. The van der Waals surface area contributed by atoms with E-state index in [-0.39, 0.29) is 35.0 Å². The molecule has 1 atom stereocenters. The maximum atomic E-state index is 12.9. The van der Waals surface area contributed by atoms with Gasteiger partial charge in [-0.15, -0.1) is 0 Å². The molecule has 7 nitrogen and oxygen atoms in total. The quantitative estimate of drug-likeness (QED) is 0.301. The van der Waals surface area contributed by atoms with Gasteiger partial charge in [0.2, 0.25) is 5.91 Å². The van der Waals surface area contributed by atoms with E-state index in [1.807, 2.05) is 24.3 Å². The van der Waals surface area contributed by atoms with Gasteiger partial charge in [0.25, 0.3) is 5.91 Å². The van der Waals surface area contributed by atoms with Crippen LogP contribution in [0.15, 0.2) is 66.7 Å². The lowest BCUT2D eigenvalue weighted by molar-refractivity contribution is -0.151. The van der Waals surface area contributed by atoms with E-state index in [1.54, 1.807) is 24.3 Å². The van der Waals surface area contributed by atoms with Crippen LogP contribution in [0.4, 0.5) is 24.5 Å².